The fourth-order valence-electron chi connectivity index (χ4n) is 8.94. The molecule has 51 heavy (non-hydrogen) atoms. The summed E-state index contributed by atoms with van der Waals surface area (Å²) in [5, 5.41) is 13.8. The zero-order chi connectivity index (χ0) is 37.3. The lowest BCUT2D eigenvalue weighted by Gasteiger charge is -2.46. The number of aliphatic hydroxyl groups excluding tert-OH is 1. The Morgan fingerprint density at radius 3 is 2.39 bits per heavy atom. The molecule has 1 aromatic carbocycles. The van der Waals surface area contributed by atoms with Gasteiger partial charge in [0, 0.05) is 25.6 Å². The molecule has 5 rings (SSSR count). The molecule has 1 aromatic rings. The number of hydrogen-bond donors (Lipinski definition) is 2. The molecular weight excluding hydrogens is 650 g/mol. The quantitative estimate of drug-likeness (QED) is 0.286. The van der Waals surface area contributed by atoms with Crippen molar-refractivity contribution in [3.63, 3.8) is 0 Å². The Morgan fingerprint density at radius 1 is 1.06 bits per heavy atom. The molecule has 3 amide bonds. The molecule has 0 aromatic heterocycles. The molecule has 0 bridgehead atoms. The fourth-order valence-corrected chi connectivity index (χ4v) is 8.94. The summed E-state index contributed by atoms with van der Waals surface area (Å²) >= 11 is 0. The van der Waals surface area contributed by atoms with Gasteiger partial charge in [-0.2, -0.15) is 0 Å². The van der Waals surface area contributed by atoms with Crippen molar-refractivity contribution in [2.24, 2.45) is 23.2 Å². The highest BCUT2D eigenvalue weighted by molar-refractivity contribution is 5.99. The van der Waals surface area contributed by atoms with Crippen molar-refractivity contribution in [2.75, 3.05) is 26.9 Å². The number of methoxy groups -OCH3 is 1. The highest BCUT2D eigenvalue weighted by Crippen LogP contribution is 2.55. The number of hydrogen-bond acceptors (Lipinski definition) is 8. The van der Waals surface area contributed by atoms with Crippen LogP contribution in [0.1, 0.15) is 85.8 Å². The standard InChI is InChI=1S/C40H57N3O8/c1-9-25(2)28(22-44)43-34-36(47)42(39(6,7)24-38(3,4)5)21-15-20-40(34)32(35(43)46)31-29(51-40)18-13-14-19-30(45)41-27(23-49-8)33(50-37(31)48)26-16-11-10-12-17-26/h10-13,15-18,20,25,27-29,31-34,44H,9,14,19,21-24H2,1-8H3,(H,41,45)/b18-13-/t25-,27-,28-,29-,31+,32+,33-,34-,40+/m0/s1. The smallest absolute Gasteiger partial charge is 0.313 e. The second kappa shape index (κ2) is 15.2. The minimum absolute atomic E-state index is 0.0751. The normalized spacial score (nSPS) is 32.1. The van der Waals surface area contributed by atoms with Crippen LogP contribution < -0.4 is 5.32 Å². The zero-order valence-electron chi connectivity index (χ0n) is 31.5. The minimum Gasteiger partial charge on any atom is -0.455 e. The predicted molar refractivity (Wildman–Crippen MR) is 192 cm³/mol. The molecule has 11 heteroatoms. The summed E-state index contributed by atoms with van der Waals surface area (Å²) < 4.78 is 18.8. The average molecular weight is 708 g/mol. The molecule has 11 nitrogen and oxygen atoms in total. The number of amides is 3. The van der Waals surface area contributed by atoms with Crippen LogP contribution >= 0.6 is 0 Å². The Labute approximate surface area is 302 Å². The number of nitrogens with one attached hydrogen (secondary N) is 1. The summed E-state index contributed by atoms with van der Waals surface area (Å²) in [5.74, 6) is -3.97. The maximum absolute atomic E-state index is 15.1. The van der Waals surface area contributed by atoms with Crippen molar-refractivity contribution < 1.29 is 38.5 Å². The summed E-state index contributed by atoms with van der Waals surface area (Å²) in [4.78, 5) is 61.3. The van der Waals surface area contributed by atoms with Crippen LogP contribution in [-0.4, -0.2) is 101 Å². The van der Waals surface area contributed by atoms with Gasteiger partial charge in [0.05, 0.1) is 37.3 Å². The first-order valence-electron chi connectivity index (χ1n) is 18.4. The molecule has 0 unspecified atom stereocenters. The van der Waals surface area contributed by atoms with Crippen molar-refractivity contribution in [3.05, 3.63) is 60.2 Å². The molecular formula is C40H57N3O8. The van der Waals surface area contributed by atoms with Gasteiger partial charge in [-0.05, 0) is 43.6 Å². The van der Waals surface area contributed by atoms with Gasteiger partial charge in [0.25, 0.3) is 0 Å². The van der Waals surface area contributed by atoms with E-state index in [0.29, 0.717) is 31.4 Å². The summed E-state index contributed by atoms with van der Waals surface area (Å²) in [6.45, 7) is 14.4. The lowest BCUT2D eigenvalue weighted by Crippen LogP contribution is -2.62. The van der Waals surface area contributed by atoms with E-state index in [4.69, 9.17) is 14.2 Å². The van der Waals surface area contributed by atoms with E-state index in [2.05, 4.69) is 26.1 Å². The first-order valence-corrected chi connectivity index (χ1v) is 18.4. The van der Waals surface area contributed by atoms with Crippen molar-refractivity contribution in [2.45, 2.75) is 116 Å². The molecule has 280 valence electrons. The summed E-state index contributed by atoms with van der Waals surface area (Å²) in [5.41, 5.74) is -1.54. The number of allylic oxidation sites excluding steroid dienone is 1. The third-order valence-electron chi connectivity index (χ3n) is 11.0. The van der Waals surface area contributed by atoms with E-state index in [9.17, 15) is 14.7 Å². The number of nitrogens with zero attached hydrogens (tertiary/aromatic N) is 2. The van der Waals surface area contributed by atoms with Crippen LogP contribution in [0.4, 0.5) is 0 Å². The largest absolute Gasteiger partial charge is 0.455 e. The summed E-state index contributed by atoms with van der Waals surface area (Å²) in [6.07, 6.45) is 7.27. The highest BCUT2D eigenvalue weighted by atomic mass is 16.6. The lowest BCUT2D eigenvalue weighted by molar-refractivity contribution is -0.164. The Hall–Kier alpha value is -3.54. The Balaban J connectivity index is 1.66. The number of cyclic esters (lactones) is 1. The van der Waals surface area contributed by atoms with E-state index in [1.54, 1.807) is 12.2 Å². The van der Waals surface area contributed by atoms with E-state index < -0.39 is 65.2 Å². The van der Waals surface area contributed by atoms with Gasteiger partial charge in [-0.3, -0.25) is 19.2 Å². The predicted octanol–water partition coefficient (Wildman–Crippen LogP) is 4.35. The van der Waals surface area contributed by atoms with Gasteiger partial charge in [0.1, 0.15) is 23.7 Å². The topological polar surface area (TPSA) is 135 Å². The Kier molecular flexibility index (Phi) is 11.5. The number of fused-ring (bicyclic) bond motifs is 2. The maximum atomic E-state index is 15.1. The molecule has 9 atom stereocenters. The summed E-state index contributed by atoms with van der Waals surface area (Å²) in [7, 11) is 1.52. The number of rotatable bonds is 9. The van der Waals surface area contributed by atoms with Crippen LogP contribution in [0.5, 0.6) is 0 Å². The van der Waals surface area contributed by atoms with Gasteiger partial charge in [-0.15, -0.1) is 0 Å². The second-order valence-electron chi connectivity index (χ2n) is 16.5. The van der Waals surface area contributed by atoms with Gasteiger partial charge >= 0.3 is 5.97 Å². The fraction of sp³-hybridized carbons (Fsp3) is 0.650. The minimum atomic E-state index is -1.51. The van der Waals surface area contributed by atoms with Crippen LogP contribution in [0.25, 0.3) is 0 Å². The first kappa shape index (κ1) is 38.7. The highest BCUT2D eigenvalue weighted by Gasteiger charge is 2.73. The van der Waals surface area contributed by atoms with Crippen molar-refractivity contribution >= 4 is 23.7 Å². The number of aliphatic hydroxyl groups is 1. The molecule has 2 fully saturated rings. The van der Waals surface area contributed by atoms with Gasteiger partial charge in [0.15, 0.2) is 0 Å². The molecule has 0 saturated carbocycles. The third-order valence-corrected chi connectivity index (χ3v) is 11.0. The van der Waals surface area contributed by atoms with E-state index in [-0.39, 0.29) is 42.8 Å². The molecule has 2 saturated heterocycles. The third kappa shape index (κ3) is 7.53. The molecule has 1 spiro atoms. The number of esters is 1. The maximum Gasteiger partial charge on any atom is 0.313 e. The molecule has 4 aliphatic rings. The SMILES string of the molecule is CC[C@H](C)[C@H](CO)N1C(=O)[C@H]2[C@@H]3C(=O)O[C@@H](c4ccccc4)[C@H](COC)NC(=O)CC/C=C\[C@@H]3O[C@]23C=CCN(C(C)(C)CC(C)(C)C)C(=O)[C@H]13. The van der Waals surface area contributed by atoms with Gasteiger partial charge < -0.3 is 34.4 Å². The van der Waals surface area contributed by atoms with Crippen LogP contribution in [0.3, 0.4) is 0 Å². The number of likely N-dealkylation sites (tertiary alicyclic amines) is 1. The van der Waals surface area contributed by atoms with Gasteiger partial charge in [-0.1, -0.05) is 95.7 Å². The Morgan fingerprint density at radius 2 is 1.76 bits per heavy atom. The number of benzene rings is 1. The van der Waals surface area contributed by atoms with E-state index >= 15 is 9.59 Å². The number of carbonyl (C=O) groups is 4. The monoisotopic (exact) mass is 707 g/mol. The zero-order valence-corrected chi connectivity index (χ0v) is 31.5. The van der Waals surface area contributed by atoms with E-state index in [0.717, 1.165) is 0 Å². The van der Waals surface area contributed by atoms with Crippen LogP contribution in [-0.2, 0) is 33.4 Å². The Bertz CT molecular complexity index is 1500. The van der Waals surface area contributed by atoms with Crippen LogP contribution in [0, 0.1) is 23.2 Å². The average Bonchev–Trinajstić information content (AvgIpc) is 3.44. The van der Waals surface area contributed by atoms with Gasteiger partial charge in [0.2, 0.25) is 17.7 Å². The first-order chi connectivity index (χ1) is 24.1. The number of ether oxygens (including phenoxy) is 3. The molecule has 0 aliphatic carbocycles. The lowest BCUT2D eigenvalue weighted by atomic mass is 9.77. The molecule has 4 heterocycles. The van der Waals surface area contributed by atoms with Crippen LogP contribution in [0.15, 0.2) is 54.6 Å². The number of carbonyl (C=O) groups excluding carboxylic acids is 4. The van der Waals surface area contributed by atoms with Crippen LogP contribution in [0.2, 0.25) is 0 Å². The van der Waals surface area contributed by atoms with E-state index in [1.165, 1.54) is 12.0 Å². The van der Waals surface area contributed by atoms with Crippen molar-refractivity contribution in [1.82, 2.24) is 15.1 Å². The molecule has 4 aliphatic heterocycles. The van der Waals surface area contributed by atoms with Crippen molar-refractivity contribution in [1.29, 1.82) is 0 Å². The second-order valence-corrected chi connectivity index (χ2v) is 16.5. The molecule has 2 N–H and O–H groups in total. The molecule has 0 radical (unpaired) electrons. The summed E-state index contributed by atoms with van der Waals surface area (Å²) in [6, 6.07) is 6.62. The van der Waals surface area contributed by atoms with Crippen molar-refractivity contribution in [3.8, 4) is 0 Å². The van der Waals surface area contributed by atoms with E-state index in [1.807, 2.05) is 75.1 Å². The van der Waals surface area contributed by atoms with Gasteiger partial charge in [-0.25, -0.2) is 0 Å².